The van der Waals surface area contributed by atoms with Crippen LogP contribution in [0.1, 0.15) is 39.9 Å². The highest BCUT2D eigenvalue weighted by Crippen LogP contribution is 2.28. The maximum Gasteiger partial charge on any atom is 0.257 e. The number of benzene rings is 2. The average Bonchev–Trinajstić information content (AvgIpc) is 2.47. The van der Waals surface area contributed by atoms with E-state index >= 15 is 0 Å². The Morgan fingerprint density at radius 1 is 1.14 bits per heavy atom. The normalized spacial score (nSPS) is 13.6. The van der Waals surface area contributed by atoms with Gasteiger partial charge in [0.2, 0.25) is 0 Å². The van der Waals surface area contributed by atoms with Crippen LogP contribution in [0, 0.1) is 6.92 Å². The molecular formula is C18H18ClNO. The van der Waals surface area contributed by atoms with E-state index in [4.69, 9.17) is 11.6 Å². The van der Waals surface area contributed by atoms with Crippen LogP contribution in [0.2, 0.25) is 5.02 Å². The van der Waals surface area contributed by atoms with Crippen LogP contribution < -0.4 is 5.32 Å². The first-order valence-corrected chi connectivity index (χ1v) is 7.71. The molecule has 1 amide bonds. The van der Waals surface area contributed by atoms with Crippen LogP contribution in [0.3, 0.4) is 0 Å². The molecule has 0 unspecified atom stereocenters. The third-order valence-electron chi connectivity index (χ3n) is 4.01. The van der Waals surface area contributed by atoms with E-state index in [1.807, 2.05) is 31.2 Å². The van der Waals surface area contributed by atoms with Crippen LogP contribution in [0.25, 0.3) is 0 Å². The fourth-order valence-electron chi connectivity index (χ4n) is 2.89. The molecule has 21 heavy (non-hydrogen) atoms. The molecule has 0 saturated carbocycles. The molecule has 0 aliphatic heterocycles. The van der Waals surface area contributed by atoms with Crippen LogP contribution >= 0.6 is 11.6 Å². The van der Waals surface area contributed by atoms with Crippen molar-refractivity contribution in [2.75, 3.05) is 5.32 Å². The number of carbonyl (C=O) groups is 1. The summed E-state index contributed by atoms with van der Waals surface area (Å²) in [4.78, 5) is 12.4. The number of hydrogen-bond donors (Lipinski definition) is 1. The number of anilines is 1. The minimum absolute atomic E-state index is 0.140. The van der Waals surface area contributed by atoms with Crippen molar-refractivity contribution >= 4 is 23.2 Å². The number of nitrogens with one attached hydrogen (secondary N) is 1. The average molecular weight is 300 g/mol. The Morgan fingerprint density at radius 2 is 1.95 bits per heavy atom. The van der Waals surface area contributed by atoms with Gasteiger partial charge in [0, 0.05) is 5.69 Å². The molecule has 2 nitrogen and oxygen atoms in total. The maximum absolute atomic E-state index is 12.4. The number of fused-ring (bicyclic) bond motifs is 1. The van der Waals surface area contributed by atoms with E-state index in [0.29, 0.717) is 10.6 Å². The highest BCUT2D eigenvalue weighted by atomic mass is 35.5. The quantitative estimate of drug-likeness (QED) is 0.849. The lowest BCUT2D eigenvalue weighted by Gasteiger charge is -2.19. The highest BCUT2D eigenvalue weighted by molar-refractivity contribution is 6.34. The van der Waals surface area contributed by atoms with Crippen LogP contribution in [0.15, 0.2) is 36.4 Å². The number of hydrogen-bond acceptors (Lipinski definition) is 1. The van der Waals surface area contributed by atoms with Crippen LogP contribution in [-0.2, 0) is 12.8 Å². The van der Waals surface area contributed by atoms with Gasteiger partial charge in [-0.15, -0.1) is 0 Å². The van der Waals surface area contributed by atoms with Crippen molar-refractivity contribution < 1.29 is 4.79 Å². The first-order valence-electron chi connectivity index (χ1n) is 7.33. The number of amides is 1. The molecule has 2 aromatic rings. The Labute approximate surface area is 130 Å². The number of carbonyl (C=O) groups excluding carboxylic acids is 1. The zero-order valence-electron chi connectivity index (χ0n) is 12.1. The first-order chi connectivity index (χ1) is 10.1. The van der Waals surface area contributed by atoms with Gasteiger partial charge in [-0.05, 0) is 67.5 Å². The van der Waals surface area contributed by atoms with Gasteiger partial charge in [-0.2, -0.15) is 0 Å². The lowest BCUT2D eigenvalue weighted by atomic mass is 9.90. The van der Waals surface area contributed by atoms with Gasteiger partial charge in [-0.1, -0.05) is 29.8 Å². The second kappa shape index (κ2) is 5.90. The monoisotopic (exact) mass is 299 g/mol. The Morgan fingerprint density at radius 3 is 2.76 bits per heavy atom. The topological polar surface area (TPSA) is 29.1 Å². The summed E-state index contributed by atoms with van der Waals surface area (Å²) in [6.07, 6.45) is 4.55. The maximum atomic E-state index is 12.4. The molecule has 0 atom stereocenters. The van der Waals surface area contributed by atoms with E-state index < -0.39 is 0 Å². The Bertz CT molecular complexity index is 694. The fourth-order valence-corrected chi connectivity index (χ4v) is 3.21. The van der Waals surface area contributed by atoms with Gasteiger partial charge < -0.3 is 5.32 Å². The van der Waals surface area contributed by atoms with Crippen molar-refractivity contribution in [1.29, 1.82) is 0 Å². The summed E-state index contributed by atoms with van der Waals surface area (Å²) >= 11 is 6.17. The third kappa shape index (κ3) is 2.96. The second-order valence-electron chi connectivity index (χ2n) is 5.59. The predicted octanol–water partition coefficient (Wildman–Crippen LogP) is 4.78. The summed E-state index contributed by atoms with van der Waals surface area (Å²) in [7, 11) is 0. The van der Waals surface area contributed by atoms with E-state index in [9.17, 15) is 4.79 Å². The van der Waals surface area contributed by atoms with E-state index in [-0.39, 0.29) is 5.91 Å². The van der Waals surface area contributed by atoms with Gasteiger partial charge in [0.25, 0.3) is 5.91 Å². The lowest BCUT2D eigenvalue weighted by molar-refractivity contribution is 0.102. The molecule has 1 aliphatic carbocycles. The molecule has 108 valence electrons. The standard InChI is InChI=1S/C18H18ClNO/c1-12-9-10-15(16(19)11-12)18(21)20-17-8-4-6-13-5-2-3-7-14(13)17/h4,6,8-11H,2-3,5,7H2,1H3,(H,20,21). The molecule has 0 bridgehead atoms. The third-order valence-corrected chi connectivity index (χ3v) is 4.33. The Hall–Kier alpha value is -1.80. The predicted molar refractivity (Wildman–Crippen MR) is 87.2 cm³/mol. The SMILES string of the molecule is Cc1ccc(C(=O)Nc2cccc3c2CCCC3)c(Cl)c1. The molecule has 0 aromatic heterocycles. The zero-order valence-corrected chi connectivity index (χ0v) is 12.8. The molecule has 0 spiro atoms. The molecule has 0 saturated heterocycles. The van der Waals surface area contributed by atoms with Crippen molar-refractivity contribution in [3.8, 4) is 0 Å². The van der Waals surface area contributed by atoms with Gasteiger partial charge in [0.05, 0.1) is 10.6 Å². The molecule has 2 aromatic carbocycles. The summed E-state index contributed by atoms with van der Waals surface area (Å²) < 4.78 is 0. The summed E-state index contributed by atoms with van der Waals surface area (Å²) in [6, 6.07) is 11.6. The van der Waals surface area contributed by atoms with Crippen LogP contribution in [0.5, 0.6) is 0 Å². The fraction of sp³-hybridized carbons (Fsp3) is 0.278. The van der Waals surface area contributed by atoms with Crippen molar-refractivity contribution in [3.63, 3.8) is 0 Å². The molecule has 0 heterocycles. The van der Waals surface area contributed by atoms with E-state index in [0.717, 1.165) is 24.1 Å². The number of rotatable bonds is 2. The van der Waals surface area contributed by atoms with Crippen LogP contribution in [0.4, 0.5) is 5.69 Å². The van der Waals surface area contributed by atoms with E-state index in [1.165, 1.54) is 24.0 Å². The zero-order chi connectivity index (χ0) is 14.8. The van der Waals surface area contributed by atoms with E-state index in [1.54, 1.807) is 6.07 Å². The number of halogens is 1. The minimum Gasteiger partial charge on any atom is -0.322 e. The molecule has 1 N–H and O–H groups in total. The second-order valence-corrected chi connectivity index (χ2v) is 5.99. The summed E-state index contributed by atoms with van der Waals surface area (Å²) in [5.41, 5.74) is 5.13. The molecule has 1 aliphatic rings. The van der Waals surface area contributed by atoms with Gasteiger partial charge in [0.15, 0.2) is 0 Å². The molecule has 0 radical (unpaired) electrons. The van der Waals surface area contributed by atoms with Crippen molar-refractivity contribution in [3.05, 3.63) is 63.7 Å². The minimum atomic E-state index is -0.140. The largest absolute Gasteiger partial charge is 0.322 e. The van der Waals surface area contributed by atoms with Gasteiger partial charge in [-0.3, -0.25) is 4.79 Å². The smallest absolute Gasteiger partial charge is 0.257 e. The highest BCUT2D eigenvalue weighted by Gasteiger charge is 2.16. The summed E-state index contributed by atoms with van der Waals surface area (Å²) in [6.45, 7) is 1.96. The Balaban J connectivity index is 1.88. The Kier molecular flexibility index (Phi) is 3.98. The van der Waals surface area contributed by atoms with Gasteiger partial charge >= 0.3 is 0 Å². The number of aryl methyl sites for hydroxylation is 2. The van der Waals surface area contributed by atoms with Crippen molar-refractivity contribution in [2.45, 2.75) is 32.6 Å². The van der Waals surface area contributed by atoms with Gasteiger partial charge in [-0.25, -0.2) is 0 Å². The molecule has 3 rings (SSSR count). The van der Waals surface area contributed by atoms with E-state index in [2.05, 4.69) is 11.4 Å². The molecule has 3 heteroatoms. The summed E-state index contributed by atoms with van der Waals surface area (Å²) in [5, 5.41) is 3.52. The molecule has 0 fully saturated rings. The van der Waals surface area contributed by atoms with Crippen molar-refractivity contribution in [1.82, 2.24) is 0 Å². The first kappa shape index (κ1) is 14.2. The lowest BCUT2D eigenvalue weighted by Crippen LogP contribution is -2.15. The summed E-state index contributed by atoms with van der Waals surface area (Å²) in [5.74, 6) is -0.140. The van der Waals surface area contributed by atoms with Gasteiger partial charge in [0.1, 0.15) is 0 Å². The van der Waals surface area contributed by atoms with Crippen LogP contribution in [-0.4, -0.2) is 5.91 Å². The molecular weight excluding hydrogens is 282 g/mol. The van der Waals surface area contributed by atoms with Crippen molar-refractivity contribution in [2.24, 2.45) is 0 Å².